The first-order valence-corrected chi connectivity index (χ1v) is 11.2. The molecule has 0 fully saturated rings. The highest BCUT2D eigenvalue weighted by Gasteiger charge is 2.44. The third-order valence-electron chi connectivity index (χ3n) is 3.72. The zero-order valence-corrected chi connectivity index (χ0v) is 16.6. The van der Waals surface area contributed by atoms with E-state index in [0.717, 1.165) is 43.7 Å². The van der Waals surface area contributed by atoms with Crippen molar-refractivity contribution in [2.75, 3.05) is 19.8 Å². The lowest BCUT2D eigenvalue weighted by molar-refractivity contribution is 0.0661. The van der Waals surface area contributed by atoms with Gasteiger partial charge in [0.1, 0.15) is 0 Å². The van der Waals surface area contributed by atoms with Crippen LogP contribution in [0.3, 0.4) is 0 Å². The molecule has 0 saturated heterocycles. The highest BCUT2D eigenvalue weighted by Crippen LogP contribution is 2.24. The molecule has 0 atom stereocenters. The van der Waals surface area contributed by atoms with Gasteiger partial charge in [-0.15, -0.1) is 0 Å². The minimum absolute atomic E-state index is 0.686. The van der Waals surface area contributed by atoms with Gasteiger partial charge in [-0.05, 0) is 19.3 Å². The van der Waals surface area contributed by atoms with E-state index in [4.69, 9.17) is 13.3 Å². The largest absolute Gasteiger partial charge is 0.537 e. The minimum Gasteiger partial charge on any atom is -0.370 e. The molecule has 0 radical (unpaired) electrons. The summed E-state index contributed by atoms with van der Waals surface area (Å²) in [5, 5.41) is 1.05. The molecule has 0 N–H and O–H groups in total. The van der Waals surface area contributed by atoms with Crippen LogP contribution in [0.2, 0.25) is 0 Å². The molecule has 4 heteroatoms. The molecule has 0 aromatic rings. The molecule has 3 nitrogen and oxygen atoms in total. The molecule has 1 rings (SSSR count). The van der Waals surface area contributed by atoms with E-state index < -0.39 is 8.80 Å². The highest BCUT2D eigenvalue weighted by atomic mass is 28.4. The number of hydrogen-bond acceptors (Lipinski definition) is 3. The molecule has 1 aliphatic rings. The van der Waals surface area contributed by atoms with Gasteiger partial charge in [0.05, 0.1) is 0 Å². The summed E-state index contributed by atoms with van der Waals surface area (Å²) >= 11 is 0. The molecule has 0 amide bonds. The van der Waals surface area contributed by atoms with Crippen LogP contribution in [-0.4, -0.2) is 28.6 Å². The van der Waals surface area contributed by atoms with Crippen LogP contribution in [0.4, 0.5) is 0 Å². The quantitative estimate of drug-likeness (QED) is 0.323. The summed E-state index contributed by atoms with van der Waals surface area (Å²) < 4.78 is 18.9. The van der Waals surface area contributed by atoms with E-state index in [2.05, 4.69) is 32.9 Å². The first-order valence-electron chi connectivity index (χ1n) is 9.43. The average Bonchev–Trinajstić information content (AvgIpc) is 2.55. The van der Waals surface area contributed by atoms with E-state index in [0.29, 0.717) is 19.8 Å². The Morgan fingerprint density at radius 3 is 1.62 bits per heavy atom. The zero-order valence-electron chi connectivity index (χ0n) is 15.6. The minimum atomic E-state index is -2.87. The Morgan fingerprint density at radius 2 is 1.12 bits per heavy atom. The van der Waals surface area contributed by atoms with E-state index in [-0.39, 0.29) is 0 Å². The lowest BCUT2D eigenvalue weighted by Gasteiger charge is -2.31. The predicted molar refractivity (Wildman–Crippen MR) is 104 cm³/mol. The Hall–Kier alpha value is -0.943. The van der Waals surface area contributed by atoms with Gasteiger partial charge < -0.3 is 13.3 Å². The van der Waals surface area contributed by atoms with Gasteiger partial charge in [-0.25, -0.2) is 0 Å². The molecule has 0 aliphatic heterocycles. The van der Waals surface area contributed by atoms with Gasteiger partial charge in [-0.1, -0.05) is 82.6 Å². The fourth-order valence-corrected chi connectivity index (χ4v) is 4.79. The van der Waals surface area contributed by atoms with Crippen LogP contribution in [0.15, 0.2) is 47.7 Å². The van der Waals surface area contributed by atoms with Crippen molar-refractivity contribution in [2.24, 2.45) is 0 Å². The molecule has 136 valence electrons. The normalized spacial score (nSPS) is 17.2. The standard InChI is InChI=1S/C20H34O3Si/c1-4-7-17-21-24(22-18-8-5-2,23-19-9-6-3)20-15-13-11-10-12-14-16-20/h10-16H,4-9,17-19H2,1-3H3/b11-10-,12-10?,13-11?,14-12-,15-13?,16-14?,20-15?,20-16?. The Balaban J connectivity index is 3.00. The van der Waals surface area contributed by atoms with Crippen molar-refractivity contribution in [1.82, 2.24) is 0 Å². The smallest absolute Gasteiger partial charge is 0.370 e. The van der Waals surface area contributed by atoms with Gasteiger partial charge in [-0.3, -0.25) is 0 Å². The molecule has 1 aliphatic carbocycles. The van der Waals surface area contributed by atoms with Gasteiger partial charge in [0, 0.05) is 25.0 Å². The SMILES string of the molecule is CCCCO[Si](OCCCC)(OCCCC)C1=C/C=C\C=C/C=C1. The fourth-order valence-electron chi connectivity index (χ4n) is 2.20. The maximum absolute atomic E-state index is 6.32. The van der Waals surface area contributed by atoms with Crippen LogP contribution in [0.25, 0.3) is 0 Å². The Morgan fingerprint density at radius 1 is 0.667 bits per heavy atom. The molecule has 0 heterocycles. The molecule has 0 aromatic carbocycles. The van der Waals surface area contributed by atoms with Crippen LogP contribution in [0.5, 0.6) is 0 Å². The van der Waals surface area contributed by atoms with Crippen LogP contribution in [0, 0.1) is 0 Å². The summed E-state index contributed by atoms with van der Waals surface area (Å²) in [5.41, 5.74) is 0. The second kappa shape index (κ2) is 13.4. The van der Waals surface area contributed by atoms with E-state index in [1.165, 1.54) is 0 Å². The van der Waals surface area contributed by atoms with Gasteiger partial charge in [-0.2, -0.15) is 0 Å². The summed E-state index contributed by atoms with van der Waals surface area (Å²) in [4.78, 5) is 0. The average molecular weight is 351 g/mol. The van der Waals surface area contributed by atoms with E-state index in [1.54, 1.807) is 0 Å². The summed E-state index contributed by atoms with van der Waals surface area (Å²) in [5.74, 6) is 0. The van der Waals surface area contributed by atoms with Crippen molar-refractivity contribution in [3.8, 4) is 0 Å². The molecule has 0 bridgehead atoms. The van der Waals surface area contributed by atoms with Crippen molar-refractivity contribution in [2.45, 2.75) is 59.3 Å². The lowest BCUT2D eigenvalue weighted by Crippen LogP contribution is -2.48. The second-order valence-corrected chi connectivity index (χ2v) is 8.47. The van der Waals surface area contributed by atoms with E-state index in [9.17, 15) is 0 Å². The van der Waals surface area contributed by atoms with E-state index >= 15 is 0 Å². The first kappa shape index (κ1) is 21.1. The molecule has 0 aromatic heterocycles. The third kappa shape index (κ3) is 7.75. The summed E-state index contributed by atoms with van der Waals surface area (Å²) in [6.07, 6.45) is 20.7. The molecule has 0 saturated carbocycles. The Kier molecular flexibility index (Phi) is 11.7. The summed E-state index contributed by atoms with van der Waals surface area (Å²) in [6.45, 7) is 8.57. The Bertz CT molecular complexity index is 412. The molecular weight excluding hydrogens is 316 g/mol. The monoisotopic (exact) mass is 350 g/mol. The lowest BCUT2D eigenvalue weighted by atomic mass is 10.3. The Labute approximate surface area is 149 Å². The maximum atomic E-state index is 6.32. The van der Waals surface area contributed by atoms with Crippen LogP contribution < -0.4 is 0 Å². The summed E-state index contributed by atoms with van der Waals surface area (Å²) in [7, 11) is -2.87. The maximum Gasteiger partial charge on any atom is 0.537 e. The van der Waals surface area contributed by atoms with Gasteiger partial charge in [0.2, 0.25) is 0 Å². The molecule has 0 unspecified atom stereocenters. The van der Waals surface area contributed by atoms with Crippen LogP contribution >= 0.6 is 0 Å². The number of rotatable bonds is 13. The first-order chi connectivity index (χ1) is 11.8. The fraction of sp³-hybridized carbons (Fsp3) is 0.600. The van der Waals surface area contributed by atoms with Gasteiger partial charge in [0.15, 0.2) is 0 Å². The van der Waals surface area contributed by atoms with Crippen molar-refractivity contribution in [3.05, 3.63) is 47.7 Å². The third-order valence-corrected chi connectivity index (χ3v) is 6.51. The number of hydrogen-bond donors (Lipinski definition) is 0. The zero-order chi connectivity index (χ0) is 17.5. The number of allylic oxidation sites excluding steroid dienone is 8. The van der Waals surface area contributed by atoms with Crippen molar-refractivity contribution < 1.29 is 13.3 Å². The molecule has 24 heavy (non-hydrogen) atoms. The highest BCUT2D eigenvalue weighted by molar-refractivity contribution is 6.69. The topological polar surface area (TPSA) is 27.7 Å². The van der Waals surface area contributed by atoms with Crippen molar-refractivity contribution in [1.29, 1.82) is 0 Å². The van der Waals surface area contributed by atoms with Crippen molar-refractivity contribution in [3.63, 3.8) is 0 Å². The van der Waals surface area contributed by atoms with Crippen molar-refractivity contribution >= 4 is 8.80 Å². The summed E-state index contributed by atoms with van der Waals surface area (Å²) in [6, 6.07) is 0. The van der Waals surface area contributed by atoms with Crippen LogP contribution in [0.1, 0.15) is 59.3 Å². The second-order valence-electron chi connectivity index (χ2n) is 5.91. The number of unbranched alkanes of at least 4 members (excludes halogenated alkanes) is 3. The molecule has 0 spiro atoms. The predicted octanol–water partition coefficient (Wildman–Crippen LogP) is 5.52. The van der Waals surface area contributed by atoms with E-state index in [1.807, 2.05) is 30.4 Å². The molecular formula is C20H34O3Si. The van der Waals surface area contributed by atoms with Gasteiger partial charge >= 0.3 is 8.80 Å². The van der Waals surface area contributed by atoms with Gasteiger partial charge in [0.25, 0.3) is 0 Å². The van der Waals surface area contributed by atoms with Crippen LogP contribution in [-0.2, 0) is 13.3 Å².